The van der Waals surface area contributed by atoms with Gasteiger partial charge in [0.2, 0.25) is 11.8 Å². The van der Waals surface area contributed by atoms with E-state index in [4.69, 9.17) is 5.73 Å². The Morgan fingerprint density at radius 1 is 1.14 bits per heavy atom. The molecule has 0 saturated heterocycles. The number of carbonyl (C=O) groups excluding carboxylic acids is 2. The Morgan fingerprint density at radius 3 is 2.29 bits per heavy atom. The number of nitrogens with one attached hydrogen (secondary N) is 1. The topological polar surface area (TPSA) is 75.4 Å². The number of rotatable bonds is 5. The molecule has 0 aromatic heterocycles. The summed E-state index contributed by atoms with van der Waals surface area (Å²) in [6, 6.07) is 0.121. The number of nitrogens with zero attached hydrogens (tertiary/aromatic N) is 1. The van der Waals surface area contributed by atoms with Gasteiger partial charge in [0.05, 0.1) is 12.1 Å². The van der Waals surface area contributed by atoms with Gasteiger partial charge in [-0.1, -0.05) is 26.7 Å². The third kappa shape index (κ3) is 3.96. The Hall–Kier alpha value is -1.10. The van der Waals surface area contributed by atoms with Crippen molar-refractivity contribution in [3.8, 4) is 0 Å². The maximum absolute atomic E-state index is 12.2. The number of nitrogens with two attached hydrogens (primary N) is 1. The summed E-state index contributed by atoms with van der Waals surface area (Å²) in [5, 5.41) is 3.11. The van der Waals surface area contributed by atoms with Gasteiger partial charge in [-0.05, 0) is 31.6 Å². The van der Waals surface area contributed by atoms with E-state index < -0.39 is 6.04 Å². The zero-order valence-electron chi connectivity index (χ0n) is 13.5. The summed E-state index contributed by atoms with van der Waals surface area (Å²) >= 11 is 0. The molecule has 0 aliphatic heterocycles. The molecule has 5 heteroatoms. The van der Waals surface area contributed by atoms with E-state index in [0.29, 0.717) is 6.04 Å². The van der Waals surface area contributed by atoms with Crippen molar-refractivity contribution >= 4 is 11.8 Å². The van der Waals surface area contributed by atoms with Crippen LogP contribution < -0.4 is 11.1 Å². The van der Waals surface area contributed by atoms with Crippen LogP contribution in [0.25, 0.3) is 0 Å². The van der Waals surface area contributed by atoms with Crippen molar-refractivity contribution in [3.05, 3.63) is 0 Å². The fraction of sp³-hybridized carbons (Fsp3) is 0.875. The van der Waals surface area contributed by atoms with E-state index in [2.05, 4.69) is 5.32 Å². The highest BCUT2D eigenvalue weighted by Gasteiger charge is 2.40. The van der Waals surface area contributed by atoms with Crippen LogP contribution in [-0.2, 0) is 9.59 Å². The minimum atomic E-state index is -0.473. The van der Waals surface area contributed by atoms with E-state index in [-0.39, 0.29) is 29.8 Å². The molecule has 5 nitrogen and oxygen atoms in total. The van der Waals surface area contributed by atoms with Crippen LogP contribution in [0.15, 0.2) is 0 Å². The lowest BCUT2D eigenvalue weighted by molar-refractivity contribution is -0.135. The van der Waals surface area contributed by atoms with E-state index >= 15 is 0 Å². The molecule has 21 heavy (non-hydrogen) atoms. The van der Waals surface area contributed by atoms with Crippen molar-refractivity contribution in [1.82, 2.24) is 10.2 Å². The molecule has 2 saturated carbocycles. The van der Waals surface area contributed by atoms with Gasteiger partial charge < -0.3 is 16.0 Å². The standard InChI is InChI=1S/C16H29N3O2/c1-10(2)15(17)16(21)18-13-6-4-5-7-14(13)19(11(3)20)12-8-9-12/h10,12-15H,4-9,17H2,1-3H3,(H,18,21)/t13-,14-,15-/m0/s1. The first-order chi connectivity index (χ1) is 9.91. The molecule has 2 aliphatic carbocycles. The first kappa shape index (κ1) is 16.3. The summed E-state index contributed by atoms with van der Waals surface area (Å²) in [5.41, 5.74) is 5.94. The SMILES string of the molecule is CC(=O)N(C1CC1)[C@H]1CCCC[C@@H]1NC(=O)[C@@H](N)C(C)C. The predicted molar refractivity (Wildman–Crippen MR) is 82.5 cm³/mol. The van der Waals surface area contributed by atoms with Gasteiger partial charge in [-0.2, -0.15) is 0 Å². The summed E-state index contributed by atoms with van der Waals surface area (Å²) in [5.74, 6) is 0.178. The van der Waals surface area contributed by atoms with Crippen LogP contribution in [0.2, 0.25) is 0 Å². The van der Waals surface area contributed by atoms with Crippen LogP contribution >= 0.6 is 0 Å². The van der Waals surface area contributed by atoms with E-state index in [0.717, 1.165) is 38.5 Å². The molecule has 3 N–H and O–H groups in total. The molecule has 0 heterocycles. The second-order valence-electron chi connectivity index (χ2n) is 6.89. The highest BCUT2D eigenvalue weighted by Crippen LogP contribution is 2.34. The number of hydrogen-bond acceptors (Lipinski definition) is 3. The molecular weight excluding hydrogens is 266 g/mol. The smallest absolute Gasteiger partial charge is 0.237 e. The summed E-state index contributed by atoms with van der Waals surface area (Å²) in [7, 11) is 0. The highest BCUT2D eigenvalue weighted by atomic mass is 16.2. The molecule has 0 unspecified atom stereocenters. The molecule has 3 atom stereocenters. The van der Waals surface area contributed by atoms with Gasteiger partial charge in [0, 0.05) is 19.0 Å². The zero-order valence-corrected chi connectivity index (χ0v) is 13.5. The van der Waals surface area contributed by atoms with Crippen LogP contribution in [-0.4, -0.2) is 40.9 Å². The van der Waals surface area contributed by atoms with E-state index in [1.807, 2.05) is 18.7 Å². The van der Waals surface area contributed by atoms with Gasteiger partial charge in [-0.25, -0.2) is 0 Å². The molecule has 2 fully saturated rings. The Morgan fingerprint density at radius 2 is 1.76 bits per heavy atom. The number of hydrogen-bond donors (Lipinski definition) is 2. The fourth-order valence-electron chi connectivity index (χ4n) is 3.31. The number of amides is 2. The predicted octanol–water partition coefficient (Wildman–Crippen LogP) is 1.41. The lowest BCUT2D eigenvalue weighted by Crippen LogP contribution is -2.58. The highest BCUT2D eigenvalue weighted by molar-refractivity contribution is 5.82. The monoisotopic (exact) mass is 295 g/mol. The minimum absolute atomic E-state index is 0.0561. The fourth-order valence-corrected chi connectivity index (χ4v) is 3.31. The van der Waals surface area contributed by atoms with Crippen molar-refractivity contribution in [2.45, 2.75) is 83.5 Å². The summed E-state index contributed by atoms with van der Waals surface area (Å²) in [6.07, 6.45) is 6.36. The summed E-state index contributed by atoms with van der Waals surface area (Å²) in [4.78, 5) is 26.2. The van der Waals surface area contributed by atoms with E-state index in [1.165, 1.54) is 0 Å². The Kier molecular flexibility index (Phi) is 5.25. The second-order valence-corrected chi connectivity index (χ2v) is 6.89. The molecular formula is C16H29N3O2. The lowest BCUT2D eigenvalue weighted by atomic mass is 9.88. The third-order valence-corrected chi connectivity index (χ3v) is 4.74. The quantitative estimate of drug-likeness (QED) is 0.805. The minimum Gasteiger partial charge on any atom is -0.350 e. The third-order valence-electron chi connectivity index (χ3n) is 4.74. The molecule has 0 aromatic carbocycles. The summed E-state index contributed by atoms with van der Waals surface area (Å²) in [6.45, 7) is 5.55. The Bertz CT molecular complexity index is 393. The lowest BCUT2D eigenvalue weighted by Gasteiger charge is -2.40. The molecule has 0 aromatic rings. The molecule has 2 rings (SSSR count). The van der Waals surface area contributed by atoms with Gasteiger partial charge in [0.15, 0.2) is 0 Å². The Balaban J connectivity index is 2.04. The molecule has 0 spiro atoms. The van der Waals surface area contributed by atoms with Crippen LogP contribution in [0.1, 0.15) is 59.3 Å². The zero-order chi connectivity index (χ0) is 15.6. The largest absolute Gasteiger partial charge is 0.350 e. The van der Waals surface area contributed by atoms with Gasteiger partial charge >= 0.3 is 0 Å². The molecule has 120 valence electrons. The van der Waals surface area contributed by atoms with Crippen molar-refractivity contribution < 1.29 is 9.59 Å². The van der Waals surface area contributed by atoms with Crippen LogP contribution in [0, 0.1) is 5.92 Å². The average molecular weight is 295 g/mol. The van der Waals surface area contributed by atoms with Gasteiger partial charge in [-0.15, -0.1) is 0 Å². The maximum atomic E-state index is 12.2. The van der Waals surface area contributed by atoms with Crippen molar-refractivity contribution in [3.63, 3.8) is 0 Å². The first-order valence-electron chi connectivity index (χ1n) is 8.26. The van der Waals surface area contributed by atoms with E-state index in [1.54, 1.807) is 6.92 Å². The Labute approximate surface area is 127 Å². The van der Waals surface area contributed by atoms with Crippen molar-refractivity contribution in [1.29, 1.82) is 0 Å². The molecule has 2 aliphatic rings. The van der Waals surface area contributed by atoms with Crippen molar-refractivity contribution in [2.24, 2.45) is 11.7 Å². The van der Waals surface area contributed by atoms with Gasteiger partial charge in [0.25, 0.3) is 0 Å². The molecule has 0 bridgehead atoms. The molecule has 0 radical (unpaired) electrons. The van der Waals surface area contributed by atoms with E-state index in [9.17, 15) is 9.59 Å². The average Bonchev–Trinajstić information content (AvgIpc) is 3.24. The summed E-state index contributed by atoms with van der Waals surface area (Å²) < 4.78 is 0. The van der Waals surface area contributed by atoms with Crippen LogP contribution in [0.4, 0.5) is 0 Å². The van der Waals surface area contributed by atoms with Crippen LogP contribution in [0.3, 0.4) is 0 Å². The second kappa shape index (κ2) is 6.77. The first-order valence-corrected chi connectivity index (χ1v) is 8.26. The van der Waals surface area contributed by atoms with Gasteiger partial charge in [-0.3, -0.25) is 9.59 Å². The van der Waals surface area contributed by atoms with Crippen molar-refractivity contribution in [2.75, 3.05) is 0 Å². The normalized spacial score (nSPS) is 27.3. The van der Waals surface area contributed by atoms with Crippen LogP contribution in [0.5, 0.6) is 0 Å². The number of carbonyl (C=O) groups is 2. The van der Waals surface area contributed by atoms with Gasteiger partial charge in [0.1, 0.15) is 0 Å². The maximum Gasteiger partial charge on any atom is 0.237 e. The molecule has 2 amide bonds.